The van der Waals surface area contributed by atoms with Gasteiger partial charge in [0.15, 0.2) is 0 Å². The molecule has 0 aliphatic heterocycles. The minimum Gasteiger partial charge on any atom is -0.497 e. The maximum atomic E-state index is 13.0. The largest absolute Gasteiger partial charge is 0.497 e. The topological polar surface area (TPSA) is 75.1 Å². The standard InChI is InChI=1S/C19H18N4O2/c1-22-17-7-6-14(25-2)9-15(17)16-10-21-23(19(24)18(16)22)11-12-4-3-5-13(20)8-12/h3-10H,11,20H2,1-2H3. The highest BCUT2D eigenvalue weighted by Gasteiger charge is 2.14. The summed E-state index contributed by atoms with van der Waals surface area (Å²) in [7, 11) is 3.52. The van der Waals surface area contributed by atoms with E-state index in [0.717, 1.165) is 27.6 Å². The van der Waals surface area contributed by atoms with Gasteiger partial charge in [0.1, 0.15) is 11.3 Å². The van der Waals surface area contributed by atoms with Gasteiger partial charge in [-0.05, 0) is 35.9 Å². The summed E-state index contributed by atoms with van der Waals surface area (Å²) in [6.45, 7) is 0.380. The zero-order chi connectivity index (χ0) is 17.6. The molecular weight excluding hydrogens is 316 g/mol. The number of nitrogens with two attached hydrogens (primary N) is 1. The van der Waals surface area contributed by atoms with Crippen LogP contribution in [0.15, 0.2) is 53.5 Å². The molecule has 4 aromatic rings. The van der Waals surface area contributed by atoms with Gasteiger partial charge in [0.05, 0.1) is 19.9 Å². The fraction of sp³-hybridized carbons (Fsp3) is 0.158. The van der Waals surface area contributed by atoms with E-state index < -0.39 is 0 Å². The molecule has 2 N–H and O–H groups in total. The van der Waals surface area contributed by atoms with Crippen LogP contribution in [0, 0.1) is 0 Å². The summed E-state index contributed by atoms with van der Waals surface area (Å²) < 4.78 is 8.67. The summed E-state index contributed by atoms with van der Waals surface area (Å²) >= 11 is 0. The van der Waals surface area contributed by atoms with Gasteiger partial charge in [0, 0.05) is 29.0 Å². The van der Waals surface area contributed by atoms with Crippen molar-refractivity contribution in [1.82, 2.24) is 14.3 Å². The van der Waals surface area contributed by atoms with Gasteiger partial charge < -0.3 is 15.0 Å². The number of rotatable bonds is 3. The molecule has 126 valence electrons. The first-order valence-electron chi connectivity index (χ1n) is 7.95. The molecule has 0 radical (unpaired) electrons. The molecule has 2 aromatic carbocycles. The van der Waals surface area contributed by atoms with Crippen LogP contribution >= 0.6 is 0 Å². The number of hydrogen-bond acceptors (Lipinski definition) is 4. The number of aryl methyl sites for hydroxylation is 1. The summed E-state index contributed by atoms with van der Waals surface area (Å²) in [6, 6.07) is 13.3. The Hall–Kier alpha value is -3.28. The van der Waals surface area contributed by atoms with Gasteiger partial charge in [0.25, 0.3) is 5.56 Å². The summed E-state index contributed by atoms with van der Waals surface area (Å²) in [4.78, 5) is 13.0. The van der Waals surface area contributed by atoms with Crippen LogP contribution in [0.25, 0.3) is 21.8 Å². The van der Waals surface area contributed by atoms with E-state index in [2.05, 4.69) is 5.10 Å². The van der Waals surface area contributed by atoms with Crippen LogP contribution in [-0.2, 0) is 13.6 Å². The van der Waals surface area contributed by atoms with Crippen molar-refractivity contribution in [3.63, 3.8) is 0 Å². The van der Waals surface area contributed by atoms with Gasteiger partial charge >= 0.3 is 0 Å². The first kappa shape index (κ1) is 15.3. The summed E-state index contributed by atoms with van der Waals surface area (Å²) in [6.07, 6.45) is 1.74. The predicted octanol–water partition coefficient (Wildman–Crippen LogP) is 2.53. The van der Waals surface area contributed by atoms with Crippen molar-refractivity contribution >= 4 is 27.5 Å². The van der Waals surface area contributed by atoms with Crippen LogP contribution in [-0.4, -0.2) is 21.5 Å². The first-order valence-corrected chi connectivity index (χ1v) is 7.95. The summed E-state index contributed by atoms with van der Waals surface area (Å²) in [5, 5.41) is 6.14. The molecule has 0 saturated carbocycles. The van der Waals surface area contributed by atoms with E-state index in [4.69, 9.17) is 10.5 Å². The molecule has 0 aliphatic rings. The fourth-order valence-electron chi connectivity index (χ4n) is 3.25. The number of aromatic nitrogens is 3. The van der Waals surface area contributed by atoms with E-state index in [1.165, 1.54) is 4.68 Å². The zero-order valence-corrected chi connectivity index (χ0v) is 14.1. The lowest BCUT2D eigenvalue weighted by Gasteiger charge is -2.06. The van der Waals surface area contributed by atoms with E-state index in [1.54, 1.807) is 13.3 Å². The van der Waals surface area contributed by atoms with E-state index >= 15 is 0 Å². The Morgan fingerprint density at radius 1 is 1.16 bits per heavy atom. The second kappa shape index (κ2) is 5.66. The third-order valence-electron chi connectivity index (χ3n) is 4.49. The van der Waals surface area contributed by atoms with Crippen molar-refractivity contribution in [2.45, 2.75) is 6.54 Å². The molecule has 2 aromatic heterocycles. The van der Waals surface area contributed by atoms with Gasteiger partial charge in [-0.1, -0.05) is 12.1 Å². The predicted molar refractivity (Wildman–Crippen MR) is 99.0 cm³/mol. The molecule has 6 nitrogen and oxygen atoms in total. The Labute approximate surface area is 144 Å². The fourth-order valence-corrected chi connectivity index (χ4v) is 3.25. The first-order chi connectivity index (χ1) is 12.1. The van der Waals surface area contributed by atoms with Crippen LogP contribution in [0.5, 0.6) is 5.75 Å². The Morgan fingerprint density at radius 3 is 2.76 bits per heavy atom. The summed E-state index contributed by atoms with van der Waals surface area (Å²) in [5.41, 5.74) is 8.90. The molecule has 0 aliphatic carbocycles. The Bertz CT molecular complexity index is 1160. The average Bonchev–Trinajstić information content (AvgIpc) is 2.90. The lowest BCUT2D eigenvalue weighted by molar-refractivity contribution is 0.415. The van der Waals surface area contributed by atoms with Crippen molar-refractivity contribution in [1.29, 1.82) is 0 Å². The zero-order valence-electron chi connectivity index (χ0n) is 14.1. The number of hydrogen-bond donors (Lipinski definition) is 1. The molecule has 4 rings (SSSR count). The van der Waals surface area contributed by atoms with Crippen molar-refractivity contribution in [3.8, 4) is 5.75 Å². The van der Waals surface area contributed by atoms with E-state index in [1.807, 2.05) is 54.1 Å². The van der Waals surface area contributed by atoms with Crippen LogP contribution in [0.1, 0.15) is 5.56 Å². The van der Waals surface area contributed by atoms with E-state index in [0.29, 0.717) is 17.7 Å². The number of methoxy groups -OCH3 is 1. The lowest BCUT2D eigenvalue weighted by atomic mass is 10.2. The van der Waals surface area contributed by atoms with Crippen LogP contribution in [0.3, 0.4) is 0 Å². The monoisotopic (exact) mass is 334 g/mol. The third kappa shape index (κ3) is 2.42. The van der Waals surface area contributed by atoms with Gasteiger partial charge in [-0.25, -0.2) is 4.68 Å². The number of benzene rings is 2. The molecule has 0 saturated heterocycles. The quantitative estimate of drug-likeness (QED) is 0.584. The van der Waals surface area contributed by atoms with Crippen molar-refractivity contribution in [2.75, 3.05) is 12.8 Å². The smallest absolute Gasteiger partial charge is 0.291 e. The van der Waals surface area contributed by atoms with Crippen LogP contribution in [0.2, 0.25) is 0 Å². The third-order valence-corrected chi connectivity index (χ3v) is 4.49. The molecule has 25 heavy (non-hydrogen) atoms. The molecule has 0 spiro atoms. The molecular formula is C19H18N4O2. The highest BCUT2D eigenvalue weighted by molar-refractivity contribution is 6.07. The molecule has 0 fully saturated rings. The number of anilines is 1. The van der Waals surface area contributed by atoms with Crippen molar-refractivity contribution < 1.29 is 4.74 Å². The van der Waals surface area contributed by atoms with Gasteiger partial charge in [0.2, 0.25) is 0 Å². The molecule has 0 atom stereocenters. The maximum absolute atomic E-state index is 13.0. The molecule has 0 bridgehead atoms. The van der Waals surface area contributed by atoms with Gasteiger partial charge in [-0.2, -0.15) is 5.10 Å². The highest BCUT2D eigenvalue weighted by Crippen LogP contribution is 2.28. The number of nitrogens with zero attached hydrogens (tertiary/aromatic N) is 3. The molecule has 2 heterocycles. The SMILES string of the molecule is COc1ccc2c(c1)c1cnn(Cc3cccc(N)c3)c(=O)c1n2C. The minimum atomic E-state index is -0.127. The molecule has 0 amide bonds. The second-order valence-electron chi connectivity index (χ2n) is 6.06. The lowest BCUT2D eigenvalue weighted by Crippen LogP contribution is -2.24. The minimum absolute atomic E-state index is 0.127. The molecule has 6 heteroatoms. The van der Waals surface area contributed by atoms with E-state index in [-0.39, 0.29) is 5.56 Å². The number of ether oxygens (including phenoxy) is 1. The van der Waals surface area contributed by atoms with Crippen molar-refractivity contribution in [2.24, 2.45) is 7.05 Å². The maximum Gasteiger partial charge on any atom is 0.291 e. The Morgan fingerprint density at radius 2 is 2.00 bits per heavy atom. The van der Waals surface area contributed by atoms with Gasteiger partial charge in [-0.15, -0.1) is 0 Å². The van der Waals surface area contributed by atoms with Gasteiger partial charge in [-0.3, -0.25) is 4.79 Å². The van der Waals surface area contributed by atoms with Crippen molar-refractivity contribution in [3.05, 3.63) is 64.6 Å². The summed E-state index contributed by atoms with van der Waals surface area (Å²) in [5.74, 6) is 0.754. The number of fused-ring (bicyclic) bond motifs is 3. The average molecular weight is 334 g/mol. The van der Waals surface area contributed by atoms with E-state index in [9.17, 15) is 4.79 Å². The Kier molecular flexibility index (Phi) is 3.46. The number of nitrogen functional groups attached to an aromatic ring is 1. The Balaban J connectivity index is 1.92. The highest BCUT2D eigenvalue weighted by atomic mass is 16.5. The van der Waals surface area contributed by atoms with Crippen LogP contribution in [0.4, 0.5) is 5.69 Å². The normalized spacial score (nSPS) is 11.3. The van der Waals surface area contributed by atoms with Crippen LogP contribution < -0.4 is 16.0 Å². The second-order valence-corrected chi connectivity index (χ2v) is 6.06. The molecule has 0 unspecified atom stereocenters.